The lowest BCUT2D eigenvalue weighted by Crippen LogP contribution is -2.10. The molecule has 0 unspecified atom stereocenters. The maximum atomic E-state index is 5.80. The van der Waals surface area contributed by atoms with Crippen LogP contribution in [0.3, 0.4) is 0 Å². The van der Waals surface area contributed by atoms with E-state index in [0.717, 1.165) is 6.42 Å². The molecule has 2 N–H and O–H groups in total. The van der Waals surface area contributed by atoms with Gasteiger partial charge in [-0.2, -0.15) is 9.97 Å². The number of nitrogen functional groups attached to an aromatic ring is 1. The first kappa shape index (κ1) is 11.6. The molecule has 0 saturated carbocycles. The molecule has 0 bridgehead atoms. The van der Waals surface area contributed by atoms with E-state index in [-0.39, 0.29) is 6.10 Å². The van der Waals surface area contributed by atoms with Gasteiger partial charge in [0.1, 0.15) is 6.33 Å². The molecular weight excluding hydrogens is 194 g/mol. The van der Waals surface area contributed by atoms with Crippen molar-refractivity contribution in [2.24, 2.45) is 0 Å². The predicted molar refractivity (Wildman–Crippen MR) is 58.0 cm³/mol. The van der Waals surface area contributed by atoms with Gasteiger partial charge in [-0.05, 0) is 20.3 Å². The van der Waals surface area contributed by atoms with E-state index in [2.05, 4.69) is 9.97 Å². The van der Waals surface area contributed by atoms with Crippen LogP contribution in [-0.4, -0.2) is 22.7 Å². The van der Waals surface area contributed by atoms with Crippen LogP contribution >= 0.6 is 0 Å². The van der Waals surface area contributed by atoms with Gasteiger partial charge in [0.15, 0.2) is 5.69 Å². The molecule has 15 heavy (non-hydrogen) atoms. The Morgan fingerprint density at radius 2 is 2.00 bits per heavy atom. The molecule has 84 valence electrons. The molecule has 0 radical (unpaired) electrons. The van der Waals surface area contributed by atoms with Crippen molar-refractivity contribution in [3.63, 3.8) is 0 Å². The smallest absolute Gasteiger partial charge is 0.244 e. The number of hydrogen-bond acceptors (Lipinski definition) is 5. The monoisotopic (exact) mass is 211 g/mol. The lowest BCUT2D eigenvalue weighted by atomic mass is 10.4. The first-order chi connectivity index (χ1) is 7.15. The Morgan fingerprint density at radius 1 is 1.33 bits per heavy atom. The third kappa shape index (κ3) is 3.27. The minimum absolute atomic E-state index is 0.0289. The molecule has 0 spiro atoms. The van der Waals surface area contributed by atoms with Gasteiger partial charge >= 0.3 is 0 Å². The van der Waals surface area contributed by atoms with Gasteiger partial charge in [-0.1, -0.05) is 6.92 Å². The normalized spacial score (nSPS) is 10.4. The standard InChI is InChI=1S/C10H17N3O2/c1-4-5-14-9-8(11)10(13-6-12-9)15-7(2)3/h6-7H,4-5,11H2,1-3H3. The minimum Gasteiger partial charge on any atom is -0.476 e. The third-order valence-electron chi connectivity index (χ3n) is 1.60. The fraction of sp³-hybridized carbons (Fsp3) is 0.600. The summed E-state index contributed by atoms with van der Waals surface area (Å²) in [7, 11) is 0. The van der Waals surface area contributed by atoms with Crippen molar-refractivity contribution in [1.29, 1.82) is 0 Å². The highest BCUT2D eigenvalue weighted by Crippen LogP contribution is 2.27. The van der Waals surface area contributed by atoms with Gasteiger partial charge in [0.05, 0.1) is 12.7 Å². The van der Waals surface area contributed by atoms with Gasteiger partial charge in [-0.3, -0.25) is 0 Å². The summed E-state index contributed by atoms with van der Waals surface area (Å²) < 4.78 is 10.8. The van der Waals surface area contributed by atoms with Gasteiger partial charge < -0.3 is 15.2 Å². The van der Waals surface area contributed by atoms with Gasteiger partial charge in [0.25, 0.3) is 0 Å². The lowest BCUT2D eigenvalue weighted by molar-refractivity contribution is 0.230. The van der Waals surface area contributed by atoms with E-state index in [9.17, 15) is 0 Å². The largest absolute Gasteiger partial charge is 0.476 e. The summed E-state index contributed by atoms with van der Waals surface area (Å²) >= 11 is 0. The van der Waals surface area contributed by atoms with Crippen molar-refractivity contribution in [3.8, 4) is 11.8 Å². The van der Waals surface area contributed by atoms with E-state index in [1.165, 1.54) is 6.33 Å². The summed E-state index contributed by atoms with van der Waals surface area (Å²) in [6.07, 6.45) is 2.32. The Hall–Kier alpha value is -1.52. The number of rotatable bonds is 5. The van der Waals surface area contributed by atoms with Crippen LogP contribution in [0.4, 0.5) is 5.69 Å². The Kier molecular flexibility index (Phi) is 4.15. The zero-order valence-corrected chi connectivity index (χ0v) is 9.36. The molecule has 0 aliphatic carbocycles. The SMILES string of the molecule is CCCOc1ncnc(OC(C)C)c1N. The van der Waals surface area contributed by atoms with Crippen molar-refractivity contribution in [1.82, 2.24) is 9.97 Å². The number of nitrogens with zero attached hydrogens (tertiary/aromatic N) is 2. The van der Waals surface area contributed by atoms with Gasteiger partial charge in [-0.15, -0.1) is 0 Å². The maximum absolute atomic E-state index is 5.80. The van der Waals surface area contributed by atoms with Crippen LogP contribution < -0.4 is 15.2 Å². The molecule has 0 aromatic carbocycles. The van der Waals surface area contributed by atoms with E-state index in [1.807, 2.05) is 20.8 Å². The average molecular weight is 211 g/mol. The minimum atomic E-state index is 0.0289. The molecule has 5 heteroatoms. The Morgan fingerprint density at radius 3 is 2.60 bits per heavy atom. The number of aromatic nitrogens is 2. The zero-order chi connectivity index (χ0) is 11.3. The van der Waals surface area contributed by atoms with Crippen LogP contribution in [0.25, 0.3) is 0 Å². The molecule has 5 nitrogen and oxygen atoms in total. The summed E-state index contributed by atoms with van der Waals surface area (Å²) in [5, 5.41) is 0. The lowest BCUT2D eigenvalue weighted by Gasteiger charge is -2.12. The first-order valence-corrected chi connectivity index (χ1v) is 5.05. The Balaban J connectivity index is 2.80. The molecule has 0 atom stereocenters. The van der Waals surface area contributed by atoms with Gasteiger partial charge in [-0.25, -0.2) is 0 Å². The van der Waals surface area contributed by atoms with Crippen molar-refractivity contribution in [2.45, 2.75) is 33.3 Å². The highest BCUT2D eigenvalue weighted by atomic mass is 16.5. The highest BCUT2D eigenvalue weighted by Gasteiger charge is 2.11. The molecule has 0 fully saturated rings. The third-order valence-corrected chi connectivity index (χ3v) is 1.60. The zero-order valence-electron chi connectivity index (χ0n) is 9.36. The summed E-state index contributed by atoms with van der Waals surface area (Å²) in [5.74, 6) is 0.772. The summed E-state index contributed by atoms with van der Waals surface area (Å²) in [6, 6.07) is 0. The Bertz CT molecular complexity index is 316. The summed E-state index contributed by atoms with van der Waals surface area (Å²) in [6.45, 7) is 6.42. The topological polar surface area (TPSA) is 70.3 Å². The summed E-state index contributed by atoms with van der Waals surface area (Å²) in [5.41, 5.74) is 6.16. The molecule has 1 heterocycles. The van der Waals surface area contributed by atoms with E-state index >= 15 is 0 Å². The molecule has 1 rings (SSSR count). The van der Waals surface area contributed by atoms with E-state index in [4.69, 9.17) is 15.2 Å². The van der Waals surface area contributed by atoms with E-state index in [0.29, 0.717) is 24.1 Å². The number of nitrogens with two attached hydrogens (primary N) is 1. The van der Waals surface area contributed by atoms with Crippen molar-refractivity contribution >= 4 is 5.69 Å². The maximum Gasteiger partial charge on any atom is 0.244 e. The second-order valence-electron chi connectivity index (χ2n) is 3.41. The van der Waals surface area contributed by atoms with Crippen LogP contribution in [0.1, 0.15) is 27.2 Å². The van der Waals surface area contributed by atoms with Gasteiger partial charge in [0.2, 0.25) is 11.8 Å². The van der Waals surface area contributed by atoms with Crippen molar-refractivity contribution in [3.05, 3.63) is 6.33 Å². The fourth-order valence-corrected chi connectivity index (χ4v) is 0.995. The molecule has 1 aromatic heterocycles. The average Bonchev–Trinajstić information content (AvgIpc) is 2.19. The van der Waals surface area contributed by atoms with Crippen LogP contribution in [0, 0.1) is 0 Å². The van der Waals surface area contributed by atoms with Crippen molar-refractivity contribution in [2.75, 3.05) is 12.3 Å². The van der Waals surface area contributed by atoms with Crippen molar-refractivity contribution < 1.29 is 9.47 Å². The quantitative estimate of drug-likeness (QED) is 0.801. The molecule has 0 saturated heterocycles. The highest BCUT2D eigenvalue weighted by molar-refractivity contribution is 5.55. The second-order valence-corrected chi connectivity index (χ2v) is 3.41. The van der Waals surface area contributed by atoms with Crippen LogP contribution in [0.5, 0.6) is 11.8 Å². The first-order valence-electron chi connectivity index (χ1n) is 5.05. The van der Waals surface area contributed by atoms with Crippen LogP contribution in [0.15, 0.2) is 6.33 Å². The van der Waals surface area contributed by atoms with Crippen LogP contribution in [-0.2, 0) is 0 Å². The van der Waals surface area contributed by atoms with Crippen LogP contribution in [0.2, 0.25) is 0 Å². The summed E-state index contributed by atoms with van der Waals surface area (Å²) in [4.78, 5) is 7.89. The van der Waals surface area contributed by atoms with E-state index < -0.39 is 0 Å². The number of ether oxygens (including phenoxy) is 2. The molecule has 1 aromatic rings. The Labute approximate surface area is 89.6 Å². The molecule has 0 aliphatic heterocycles. The fourth-order valence-electron chi connectivity index (χ4n) is 0.995. The predicted octanol–water partition coefficient (Wildman–Crippen LogP) is 1.63. The number of hydrogen-bond donors (Lipinski definition) is 1. The van der Waals surface area contributed by atoms with Gasteiger partial charge in [0, 0.05) is 0 Å². The second kappa shape index (κ2) is 5.38. The van der Waals surface area contributed by atoms with E-state index in [1.54, 1.807) is 0 Å². The molecular formula is C10H17N3O2. The molecule has 0 aliphatic rings. The molecule has 0 amide bonds. The number of anilines is 1.